The molecule has 2 N–H and O–H groups in total. The zero-order chi connectivity index (χ0) is 18.6. The molecule has 0 saturated heterocycles. The van der Waals surface area contributed by atoms with Crippen molar-refractivity contribution < 1.29 is 32.3 Å². The summed E-state index contributed by atoms with van der Waals surface area (Å²) in [6.07, 6.45) is -4.84. The molecule has 4 nitrogen and oxygen atoms in total. The van der Waals surface area contributed by atoms with Crippen molar-refractivity contribution in [2.45, 2.75) is 18.6 Å². The van der Waals surface area contributed by atoms with Gasteiger partial charge in [0.15, 0.2) is 0 Å². The highest BCUT2D eigenvalue weighted by Gasteiger charge is 2.30. The van der Waals surface area contributed by atoms with Crippen LogP contribution in [0.4, 0.5) is 17.6 Å². The number of rotatable bonds is 5. The van der Waals surface area contributed by atoms with Crippen molar-refractivity contribution in [2.24, 2.45) is 0 Å². The molecule has 2 rings (SSSR count). The van der Waals surface area contributed by atoms with Crippen LogP contribution in [0.3, 0.4) is 0 Å². The Balaban J connectivity index is 2.13. The zero-order valence-corrected chi connectivity index (χ0v) is 12.7. The monoisotopic (exact) mass is 355 g/mol. The van der Waals surface area contributed by atoms with Crippen molar-refractivity contribution in [1.29, 1.82) is 0 Å². The van der Waals surface area contributed by atoms with E-state index < -0.39 is 35.5 Å². The Hall–Kier alpha value is -2.90. The predicted octanol–water partition coefficient (Wildman–Crippen LogP) is 3.27. The van der Waals surface area contributed by atoms with E-state index in [9.17, 15) is 32.3 Å². The van der Waals surface area contributed by atoms with Crippen LogP contribution in [-0.4, -0.2) is 23.0 Å². The smallest absolute Gasteiger partial charge is 0.416 e. The molecule has 0 spiro atoms. The number of benzene rings is 2. The van der Waals surface area contributed by atoms with Crippen LogP contribution >= 0.6 is 0 Å². The Morgan fingerprint density at radius 3 is 2.16 bits per heavy atom. The number of carboxylic acids is 1. The highest BCUT2D eigenvalue weighted by molar-refractivity contribution is 5.96. The van der Waals surface area contributed by atoms with E-state index in [0.29, 0.717) is 0 Å². The molecular weight excluding hydrogens is 342 g/mol. The van der Waals surface area contributed by atoms with E-state index in [1.807, 2.05) is 0 Å². The molecule has 0 radical (unpaired) electrons. The van der Waals surface area contributed by atoms with E-state index in [4.69, 9.17) is 0 Å². The number of carboxylic acid groups (broad SMARTS) is 1. The first-order valence-corrected chi connectivity index (χ1v) is 7.13. The van der Waals surface area contributed by atoms with Gasteiger partial charge in [-0.2, -0.15) is 13.2 Å². The van der Waals surface area contributed by atoms with Gasteiger partial charge in [-0.05, 0) is 35.9 Å². The van der Waals surface area contributed by atoms with Crippen LogP contribution in [0, 0.1) is 5.82 Å². The van der Waals surface area contributed by atoms with Gasteiger partial charge in [0.2, 0.25) is 0 Å². The van der Waals surface area contributed by atoms with Crippen LogP contribution in [0.25, 0.3) is 0 Å². The molecule has 1 amide bonds. The topological polar surface area (TPSA) is 66.4 Å². The van der Waals surface area contributed by atoms with Gasteiger partial charge in [0.25, 0.3) is 5.91 Å². The number of amides is 1. The molecule has 1 atom stereocenters. The lowest BCUT2D eigenvalue weighted by Gasteiger charge is -2.15. The number of nitrogens with one attached hydrogen (secondary N) is 1. The average Bonchev–Trinajstić information content (AvgIpc) is 2.55. The molecule has 2 aromatic rings. The highest BCUT2D eigenvalue weighted by atomic mass is 19.4. The number of alkyl halides is 3. The van der Waals surface area contributed by atoms with Crippen LogP contribution in [0.1, 0.15) is 21.5 Å². The fourth-order valence-electron chi connectivity index (χ4n) is 2.14. The summed E-state index contributed by atoms with van der Waals surface area (Å²) < 4.78 is 51.1. The van der Waals surface area contributed by atoms with E-state index in [0.717, 1.165) is 30.3 Å². The molecule has 132 valence electrons. The van der Waals surface area contributed by atoms with Gasteiger partial charge in [0.05, 0.1) is 5.56 Å². The normalized spacial score (nSPS) is 12.5. The maximum Gasteiger partial charge on any atom is 0.416 e. The van der Waals surface area contributed by atoms with Gasteiger partial charge in [0.1, 0.15) is 11.9 Å². The summed E-state index contributed by atoms with van der Waals surface area (Å²) in [5.41, 5.74) is -0.958. The minimum absolute atomic E-state index is 0.0996. The summed E-state index contributed by atoms with van der Waals surface area (Å²) in [6, 6.07) is 7.42. The standard InChI is InChI=1S/C17H13F4NO3/c18-13-4-2-1-3-11(13)9-14(16(24)25)22-15(23)10-5-7-12(8-6-10)17(19,20)21/h1-8,14H,9H2,(H,22,23)(H,24,25)/t14-/m1/s1. The van der Waals surface area contributed by atoms with Gasteiger partial charge >= 0.3 is 12.1 Å². The van der Waals surface area contributed by atoms with Crippen molar-refractivity contribution in [1.82, 2.24) is 5.32 Å². The summed E-state index contributed by atoms with van der Waals surface area (Å²) in [5.74, 6) is -2.86. The number of carbonyl (C=O) groups is 2. The largest absolute Gasteiger partial charge is 0.480 e. The third-order valence-electron chi connectivity index (χ3n) is 3.46. The molecule has 0 aliphatic rings. The Morgan fingerprint density at radius 2 is 1.64 bits per heavy atom. The van der Waals surface area contributed by atoms with Crippen LogP contribution in [0.15, 0.2) is 48.5 Å². The summed E-state index contributed by atoms with van der Waals surface area (Å²) in [4.78, 5) is 23.3. The molecule has 25 heavy (non-hydrogen) atoms. The molecule has 0 aromatic heterocycles. The van der Waals surface area contributed by atoms with Crippen LogP contribution in [0.2, 0.25) is 0 Å². The van der Waals surface area contributed by atoms with Gasteiger partial charge in [-0.25, -0.2) is 9.18 Å². The molecule has 0 aliphatic heterocycles. The Morgan fingerprint density at radius 1 is 1.04 bits per heavy atom. The number of halogens is 4. The lowest BCUT2D eigenvalue weighted by molar-refractivity contribution is -0.139. The molecule has 0 fully saturated rings. The van der Waals surface area contributed by atoms with E-state index in [1.165, 1.54) is 18.2 Å². The van der Waals surface area contributed by atoms with Crippen molar-refractivity contribution in [2.75, 3.05) is 0 Å². The summed E-state index contributed by atoms with van der Waals surface area (Å²) in [6.45, 7) is 0. The maximum absolute atomic E-state index is 13.6. The molecule has 8 heteroatoms. The second-order valence-corrected chi connectivity index (χ2v) is 5.23. The first-order chi connectivity index (χ1) is 11.7. The predicted molar refractivity (Wildman–Crippen MR) is 80.4 cm³/mol. The van der Waals surface area contributed by atoms with Gasteiger partial charge in [-0.3, -0.25) is 4.79 Å². The Labute approximate surface area is 140 Å². The lowest BCUT2D eigenvalue weighted by Crippen LogP contribution is -2.42. The number of aliphatic carboxylic acids is 1. The lowest BCUT2D eigenvalue weighted by atomic mass is 10.0. The van der Waals surface area contributed by atoms with E-state index in [1.54, 1.807) is 0 Å². The van der Waals surface area contributed by atoms with Crippen molar-refractivity contribution in [3.05, 3.63) is 71.0 Å². The highest BCUT2D eigenvalue weighted by Crippen LogP contribution is 2.29. The zero-order valence-electron chi connectivity index (χ0n) is 12.7. The number of hydrogen-bond acceptors (Lipinski definition) is 2. The second kappa shape index (κ2) is 7.33. The minimum atomic E-state index is -4.54. The van der Waals surface area contributed by atoms with Gasteiger partial charge < -0.3 is 10.4 Å². The summed E-state index contributed by atoms with van der Waals surface area (Å²) in [7, 11) is 0. The molecule has 0 saturated carbocycles. The average molecular weight is 355 g/mol. The number of hydrogen-bond donors (Lipinski definition) is 2. The van der Waals surface area contributed by atoms with E-state index in [2.05, 4.69) is 5.32 Å². The van der Waals surface area contributed by atoms with Crippen LogP contribution in [-0.2, 0) is 17.4 Å². The number of carbonyl (C=O) groups excluding carboxylic acids is 1. The molecule has 2 aromatic carbocycles. The Kier molecular flexibility index (Phi) is 5.41. The SMILES string of the molecule is O=C(N[C@H](Cc1ccccc1F)C(=O)O)c1ccc(C(F)(F)F)cc1. The Bertz CT molecular complexity index is 772. The first-order valence-electron chi connectivity index (χ1n) is 7.13. The van der Waals surface area contributed by atoms with E-state index >= 15 is 0 Å². The van der Waals surface area contributed by atoms with Gasteiger partial charge in [-0.1, -0.05) is 18.2 Å². The van der Waals surface area contributed by atoms with Gasteiger partial charge in [0, 0.05) is 12.0 Å². The first kappa shape index (κ1) is 18.4. The minimum Gasteiger partial charge on any atom is -0.480 e. The molecule has 0 bridgehead atoms. The molecule has 0 unspecified atom stereocenters. The third-order valence-corrected chi connectivity index (χ3v) is 3.46. The molecule has 0 aliphatic carbocycles. The third kappa shape index (κ3) is 4.79. The second-order valence-electron chi connectivity index (χ2n) is 5.23. The fraction of sp³-hybridized carbons (Fsp3) is 0.176. The van der Waals surface area contributed by atoms with Crippen LogP contribution < -0.4 is 5.32 Å². The molecular formula is C17H13F4NO3. The molecule has 0 heterocycles. The maximum atomic E-state index is 13.6. The van der Waals surface area contributed by atoms with Gasteiger partial charge in [-0.15, -0.1) is 0 Å². The van der Waals surface area contributed by atoms with Crippen LogP contribution in [0.5, 0.6) is 0 Å². The van der Waals surface area contributed by atoms with Crippen molar-refractivity contribution in [3.8, 4) is 0 Å². The van der Waals surface area contributed by atoms with Crippen molar-refractivity contribution in [3.63, 3.8) is 0 Å². The quantitative estimate of drug-likeness (QED) is 0.809. The summed E-state index contributed by atoms with van der Waals surface area (Å²) in [5, 5.41) is 11.4. The van der Waals surface area contributed by atoms with E-state index in [-0.39, 0.29) is 17.5 Å². The van der Waals surface area contributed by atoms with Crippen molar-refractivity contribution >= 4 is 11.9 Å². The summed E-state index contributed by atoms with van der Waals surface area (Å²) >= 11 is 0. The fourth-order valence-corrected chi connectivity index (χ4v) is 2.14.